The average Bonchev–Trinajstić information content (AvgIpc) is 2.39. The number of hydrogen-bond acceptors (Lipinski definition) is 2. The highest BCUT2D eigenvalue weighted by atomic mass is 32.2. The van der Waals surface area contributed by atoms with E-state index in [1.54, 1.807) is 0 Å². The molecule has 0 bridgehead atoms. The van der Waals surface area contributed by atoms with Crippen LogP contribution in [-0.4, -0.2) is 11.8 Å². The van der Waals surface area contributed by atoms with Gasteiger partial charge in [0, 0.05) is 10.1 Å². The fourth-order valence-electron chi connectivity index (χ4n) is 3.07. The molecule has 1 nitrogen and oxygen atoms in total. The zero-order valence-corrected chi connectivity index (χ0v) is 13.2. The molecule has 0 amide bonds. The third-order valence-electron chi connectivity index (χ3n) is 4.49. The van der Waals surface area contributed by atoms with E-state index < -0.39 is 0 Å². The normalized spacial score (nSPS) is 28.3. The Morgan fingerprint density at radius 2 is 1.84 bits per heavy atom. The predicted octanol–water partition coefficient (Wildman–Crippen LogP) is 4.57. The minimum atomic E-state index is 0.426. The lowest BCUT2D eigenvalue weighted by atomic mass is 9.69. The summed E-state index contributed by atoms with van der Waals surface area (Å²) >= 11 is 2.04. The largest absolute Gasteiger partial charge is 0.330 e. The fourth-order valence-corrected chi connectivity index (χ4v) is 4.50. The molecular formula is C17H27NS. The molecule has 1 aromatic rings. The molecule has 3 atom stereocenters. The van der Waals surface area contributed by atoms with Crippen LogP contribution in [0.15, 0.2) is 35.2 Å². The van der Waals surface area contributed by atoms with Gasteiger partial charge in [0.25, 0.3) is 0 Å². The van der Waals surface area contributed by atoms with E-state index >= 15 is 0 Å². The van der Waals surface area contributed by atoms with Crippen molar-refractivity contribution in [2.24, 2.45) is 23.0 Å². The molecule has 106 valence electrons. The summed E-state index contributed by atoms with van der Waals surface area (Å²) < 4.78 is 0. The van der Waals surface area contributed by atoms with Gasteiger partial charge >= 0.3 is 0 Å². The number of rotatable bonds is 3. The molecule has 1 saturated carbocycles. The van der Waals surface area contributed by atoms with Gasteiger partial charge in [-0.15, -0.1) is 11.8 Å². The standard InChI is InChI=1S/C17H27NS/c1-17(2,3)14-10-9-13(12-18)16(11-14)19-15-7-5-4-6-8-15/h4-8,13-14,16H,9-12,18H2,1-3H3. The molecule has 3 unspecified atom stereocenters. The van der Waals surface area contributed by atoms with Crippen LogP contribution < -0.4 is 5.73 Å². The minimum absolute atomic E-state index is 0.426. The number of nitrogens with two attached hydrogens (primary N) is 1. The van der Waals surface area contributed by atoms with Crippen molar-refractivity contribution in [1.29, 1.82) is 0 Å². The summed E-state index contributed by atoms with van der Waals surface area (Å²) in [5, 5.41) is 0.686. The maximum Gasteiger partial charge on any atom is 0.0137 e. The molecule has 0 aromatic heterocycles. The van der Waals surface area contributed by atoms with Gasteiger partial charge in [0.05, 0.1) is 0 Å². The first-order chi connectivity index (χ1) is 9.00. The first-order valence-electron chi connectivity index (χ1n) is 7.42. The molecule has 2 rings (SSSR count). The van der Waals surface area contributed by atoms with Crippen LogP contribution in [0.1, 0.15) is 40.0 Å². The van der Waals surface area contributed by atoms with Gasteiger partial charge in [0.15, 0.2) is 0 Å². The van der Waals surface area contributed by atoms with Crippen LogP contribution >= 0.6 is 11.8 Å². The zero-order valence-electron chi connectivity index (χ0n) is 12.4. The maximum atomic E-state index is 5.99. The third kappa shape index (κ3) is 4.00. The van der Waals surface area contributed by atoms with Crippen molar-refractivity contribution in [3.63, 3.8) is 0 Å². The Morgan fingerprint density at radius 1 is 1.16 bits per heavy atom. The topological polar surface area (TPSA) is 26.0 Å². The van der Waals surface area contributed by atoms with Gasteiger partial charge in [-0.05, 0) is 55.2 Å². The van der Waals surface area contributed by atoms with Crippen molar-refractivity contribution in [2.75, 3.05) is 6.54 Å². The zero-order chi connectivity index (χ0) is 13.9. The van der Waals surface area contributed by atoms with E-state index in [-0.39, 0.29) is 0 Å². The van der Waals surface area contributed by atoms with Crippen LogP contribution in [0.5, 0.6) is 0 Å². The summed E-state index contributed by atoms with van der Waals surface area (Å²) in [6.45, 7) is 7.97. The van der Waals surface area contributed by atoms with Crippen LogP contribution in [0, 0.1) is 17.3 Å². The molecule has 0 heterocycles. The van der Waals surface area contributed by atoms with Crippen LogP contribution in [0.2, 0.25) is 0 Å². The summed E-state index contributed by atoms with van der Waals surface area (Å²) in [7, 11) is 0. The number of hydrogen-bond donors (Lipinski definition) is 1. The van der Waals surface area contributed by atoms with Crippen molar-refractivity contribution >= 4 is 11.8 Å². The monoisotopic (exact) mass is 277 g/mol. The van der Waals surface area contributed by atoms with E-state index in [1.807, 2.05) is 11.8 Å². The predicted molar refractivity (Wildman–Crippen MR) is 85.4 cm³/mol. The van der Waals surface area contributed by atoms with Crippen LogP contribution in [0.25, 0.3) is 0 Å². The van der Waals surface area contributed by atoms with Crippen molar-refractivity contribution in [3.8, 4) is 0 Å². The lowest BCUT2D eigenvalue weighted by Gasteiger charge is -2.41. The van der Waals surface area contributed by atoms with Gasteiger partial charge in [-0.2, -0.15) is 0 Å². The molecule has 2 heteroatoms. The van der Waals surface area contributed by atoms with Crippen molar-refractivity contribution in [3.05, 3.63) is 30.3 Å². The Bertz CT molecular complexity index is 382. The van der Waals surface area contributed by atoms with Crippen molar-refractivity contribution in [1.82, 2.24) is 0 Å². The molecule has 0 saturated heterocycles. The molecule has 0 spiro atoms. The average molecular weight is 277 g/mol. The summed E-state index contributed by atoms with van der Waals surface area (Å²) in [6, 6.07) is 10.8. The minimum Gasteiger partial charge on any atom is -0.330 e. The van der Waals surface area contributed by atoms with Crippen LogP contribution in [-0.2, 0) is 0 Å². The van der Waals surface area contributed by atoms with E-state index in [4.69, 9.17) is 5.73 Å². The van der Waals surface area contributed by atoms with E-state index in [9.17, 15) is 0 Å². The molecule has 19 heavy (non-hydrogen) atoms. The van der Waals surface area contributed by atoms with Gasteiger partial charge in [-0.3, -0.25) is 0 Å². The lowest BCUT2D eigenvalue weighted by Crippen LogP contribution is -2.36. The van der Waals surface area contributed by atoms with Crippen molar-refractivity contribution < 1.29 is 0 Å². The molecule has 0 aliphatic heterocycles. The maximum absolute atomic E-state index is 5.99. The molecule has 0 radical (unpaired) electrons. The van der Waals surface area contributed by atoms with Gasteiger partial charge in [-0.25, -0.2) is 0 Å². The van der Waals surface area contributed by atoms with Crippen LogP contribution in [0.4, 0.5) is 0 Å². The van der Waals surface area contributed by atoms with Gasteiger partial charge in [0.2, 0.25) is 0 Å². The Labute approximate surface area is 122 Å². The third-order valence-corrected chi connectivity index (χ3v) is 5.91. The van der Waals surface area contributed by atoms with Gasteiger partial charge in [-0.1, -0.05) is 39.0 Å². The number of thioether (sulfide) groups is 1. The highest BCUT2D eigenvalue weighted by molar-refractivity contribution is 8.00. The van der Waals surface area contributed by atoms with Crippen LogP contribution in [0.3, 0.4) is 0 Å². The second-order valence-corrected chi connectivity index (χ2v) is 8.15. The Balaban J connectivity index is 2.06. The summed E-state index contributed by atoms with van der Waals surface area (Å²) in [6.07, 6.45) is 3.95. The molecule has 1 aromatic carbocycles. The quantitative estimate of drug-likeness (QED) is 0.876. The summed E-state index contributed by atoms with van der Waals surface area (Å²) in [5.41, 5.74) is 6.41. The highest BCUT2D eigenvalue weighted by Gasteiger charge is 2.35. The van der Waals surface area contributed by atoms with E-state index in [2.05, 4.69) is 51.1 Å². The molecular weight excluding hydrogens is 250 g/mol. The lowest BCUT2D eigenvalue weighted by molar-refractivity contribution is 0.157. The first kappa shape index (κ1) is 14.9. The van der Waals surface area contributed by atoms with Gasteiger partial charge < -0.3 is 5.73 Å². The number of benzene rings is 1. The second-order valence-electron chi connectivity index (χ2n) is 6.84. The SMILES string of the molecule is CC(C)(C)C1CCC(CN)C(Sc2ccccc2)C1. The Kier molecular flexibility index (Phi) is 4.97. The first-order valence-corrected chi connectivity index (χ1v) is 8.30. The molecule has 1 aliphatic rings. The van der Waals surface area contributed by atoms with E-state index in [0.717, 1.165) is 12.5 Å². The molecule has 1 aliphatic carbocycles. The second kappa shape index (κ2) is 6.32. The molecule has 1 fully saturated rings. The highest BCUT2D eigenvalue weighted by Crippen LogP contribution is 2.45. The van der Waals surface area contributed by atoms with Crippen molar-refractivity contribution in [2.45, 2.75) is 50.2 Å². The summed E-state index contributed by atoms with van der Waals surface area (Å²) in [4.78, 5) is 1.39. The Hall–Kier alpha value is -0.470. The smallest absolute Gasteiger partial charge is 0.0137 e. The van der Waals surface area contributed by atoms with E-state index in [0.29, 0.717) is 16.6 Å². The van der Waals surface area contributed by atoms with E-state index in [1.165, 1.54) is 24.2 Å². The summed E-state index contributed by atoms with van der Waals surface area (Å²) in [5.74, 6) is 1.51. The van der Waals surface area contributed by atoms with Gasteiger partial charge in [0.1, 0.15) is 0 Å². The fraction of sp³-hybridized carbons (Fsp3) is 0.647. The Morgan fingerprint density at radius 3 is 2.42 bits per heavy atom. The molecule has 2 N–H and O–H groups in total.